The number of nitrogens with two attached hydrogens (primary N) is 1. The van der Waals surface area contributed by atoms with Crippen LogP contribution in [-0.4, -0.2) is 99.6 Å². The van der Waals surface area contributed by atoms with Gasteiger partial charge in [0.2, 0.25) is 29.5 Å². The van der Waals surface area contributed by atoms with Gasteiger partial charge in [-0.3, -0.25) is 39.6 Å². The Morgan fingerprint density at radius 3 is 1.21 bits per heavy atom. The Kier molecular flexibility index (Phi) is 32.2. The number of hydrogen-bond acceptors (Lipinski definition) is 9. The summed E-state index contributed by atoms with van der Waals surface area (Å²) in [6.07, 6.45) is 18.2. The van der Waals surface area contributed by atoms with E-state index in [9.17, 15) is 39.6 Å². The molecule has 0 unspecified atom stereocenters. The summed E-state index contributed by atoms with van der Waals surface area (Å²) >= 11 is 0. The molecule has 0 heterocycles. The Morgan fingerprint density at radius 2 is 0.808 bits per heavy atom. The van der Waals surface area contributed by atoms with Crippen molar-refractivity contribution in [2.75, 3.05) is 39.3 Å². The Hall–Kier alpha value is -2.81. The fraction of sp³-hybridized carbons (Fsp3) is 0.868. The van der Waals surface area contributed by atoms with Crippen molar-refractivity contribution in [2.45, 2.75) is 168 Å². The highest BCUT2D eigenvalue weighted by Crippen LogP contribution is 2.14. The summed E-state index contributed by atoms with van der Waals surface area (Å²) in [4.78, 5) is 60.3. The topological polar surface area (TPSA) is 206 Å². The van der Waals surface area contributed by atoms with Crippen molar-refractivity contribution >= 4 is 29.5 Å². The van der Waals surface area contributed by atoms with Crippen LogP contribution in [0.5, 0.6) is 0 Å². The van der Waals surface area contributed by atoms with Gasteiger partial charge in [0.1, 0.15) is 0 Å². The molecule has 0 saturated carbocycles. The van der Waals surface area contributed by atoms with E-state index in [0.717, 1.165) is 49.5 Å². The molecule has 0 atom stereocenters. The third kappa shape index (κ3) is 30.8. The zero-order valence-electron chi connectivity index (χ0n) is 32.6. The molecular weight excluding hydrogens is 668 g/mol. The number of nitrogens with one attached hydrogen (secondary N) is 2. The van der Waals surface area contributed by atoms with Gasteiger partial charge in [0.05, 0.1) is 0 Å². The van der Waals surface area contributed by atoms with Gasteiger partial charge >= 0.3 is 0 Å². The fourth-order valence-electron chi connectivity index (χ4n) is 5.61. The summed E-state index contributed by atoms with van der Waals surface area (Å²) < 4.78 is 0. The number of nitrogens with zero attached hydrogens (tertiary/aromatic N) is 3. The zero-order chi connectivity index (χ0) is 38.8. The first kappa shape index (κ1) is 49.2. The van der Waals surface area contributed by atoms with Crippen LogP contribution in [0.2, 0.25) is 0 Å². The van der Waals surface area contributed by atoms with Crippen LogP contribution in [0, 0.1) is 5.92 Å². The largest absolute Gasteiger partial charge is 0.356 e. The van der Waals surface area contributed by atoms with Crippen molar-refractivity contribution in [2.24, 2.45) is 11.7 Å². The molecule has 0 aliphatic carbocycles. The number of hydrogen-bond donors (Lipinski definition) is 6. The van der Waals surface area contributed by atoms with Crippen molar-refractivity contribution in [1.82, 2.24) is 25.8 Å². The number of carbonyl (C=O) groups excluding carboxylic acids is 5. The van der Waals surface area contributed by atoms with E-state index in [0.29, 0.717) is 74.7 Å². The van der Waals surface area contributed by atoms with Crippen molar-refractivity contribution in [3.63, 3.8) is 0 Å². The molecule has 0 aromatic rings. The molecule has 0 aliphatic rings. The van der Waals surface area contributed by atoms with Crippen molar-refractivity contribution in [1.29, 1.82) is 0 Å². The Bertz CT molecular complexity index is 954. The molecule has 0 aromatic heterocycles. The molecule has 0 saturated heterocycles. The summed E-state index contributed by atoms with van der Waals surface area (Å²) in [7, 11) is 0. The molecular formula is C38H74N6O8. The van der Waals surface area contributed by atoms with E-state index < -0.39 is 11.8 Å². The van der Waals surface area contributed by atoms with Gasteiger partial charge in [0.25, 0.3) is 0 Å². The van der Waals surface area contributed by atoms with Crippen molar-refractivity contribution in [3.05, 3.63) is 0 Å². The third-order valence-electron chi connectivity index (χ3n) is 8.98. The molecule has 0 aromatic carbocycles. The van der Waals surface area contributed by atoms with Gasteiger partial charge < -0.3 is 16.4 Å². The van der Waals surface area contributed by atoms with Crippen LogP contribution in [0.3, 0.4) is 0 Å². The van der Waals surface area contributed by atoms with E-state index >= 15 is 0 Å². The van der Waals surface area contributed by atoms with E-state index in [-0.39, 0.29) is 63.0 Å². The Labute approximate surface area is 313 Å². The van der Waals surface area contributed by atoms with Crippen LogP contribution in [-0.2, 0) is 24.0 Å². The van der Waals surface area contributed by atoms with Crippen molar-refractivity contribution < 1.29 is 39.6 Å². The summed E-state index contributed by atoms with van der Waals surface area (Å²) in [5.74, 6) is -1.05. The second-order valence-corrected chi connectivity index (χ2v) is 14.3. The van der Waals surface area contributed by atoms with Crippen molar-refractivity contribution in [3.8, 4) is 0 Å². The Balaban J connectivity index is 3.72. The summed E-state index contributed by atoms with van der Waals surface area (Å²) in [6.45, 7) is 6.53. The van der Waals surface area contributed by atoms with Gasteiger partial charge in [0, 0.05) is 64.8 Å². The minimum atomic E-state index is -0.541. The van der Waals surface area contributed by atoms with Crippen LogP contribution >= 0.6 is 0 Å². The van der Waals surface area contributed by atoms with Gasteiger partial charge in [-0.05, 0) is 70.3 Å². The smallest absolute Gasteiger partial charge is 0.246 e. The Morgan fingerprint density at radius 1 is 0.462 bits per heavy atom. The average Bonchev–Trinajstić information content (AvgIpc) is 3.12. The highest BCUT2D eigenvalue weighted by atomic mass is 16.5. The molecule has 14 nitrogen and oxygen atoms in total. The van der Waals surface area contributed by atoms with Crippen LogP contribution in [0.15, 0.2) is 0 Å². The number of unbranched alkanes of at least 4 members (excludes halogenated alkanes) is 14. The second-order valence-electron chi connectivity index (χ2n) is 14.3. The number of hydroxylamine groups is 6. The molecule has 0 spiro atoms. The standard InChI is InChI=1S/C38H74N6O8/c1-33(2)21-13-8-6-4-3-5-7-9-14-22-36(47)42(50)31-19-11-16-28-40-35(46)24-26-38(49)44(52)32-20-12-17-29-41-34(45)23-25-37(48)43(51)30-18-10-15-27-39/h33,50-52H,3-32,39H2,1-2H3,(H,40,46)(H,41,45). The molecule has 7 N–H and O–H groups in total. The van der Waals surface area contributed by atoms with Gasteiger partial charge in [-0.2, -0.15) is 0 Å². The van der Waals surface area contributed by atoms with E-state index in [4.69, 9.17) is 5.73 Å². The highest BCUT2D eigenvalue weighted by Gasteiger charge is 2.15. The molecule has 0 radical (unpaired) electrons. The van der Waals surface area contributed by atoms with E-state index in [1.165, 1.54) is 44.9 Å². The second kappa shape index (κ2) is 34.0. The molecule has 304 valence electrons. The molecule has 0 fully saturated rings. The number of carbonyl (C=O) groups is 5. The lowest BCUT2D eigenvalue weighted by molar-refractivity contribution is -0.166. The van der Waals surface area contributed by atoms with Gasteiger partial charge in [-0.1, -0.05) is 78.1 Å². The maximum Gasteiger partial charge on any atom is 0.246 e. The molecule has 5 amide bonds. The minimum absolute atomic E-state index is 0.0188. The van der Waals surface area contributed by atoms with Gasteiger partial charge in [0.15, 0.2) is 0 Å². The van der Waals surface area contributed by atoms with E-state index in [1.54, 1.807) is 0 Å². The van der Waals surface area contributed by atoms with Crippen LogP contribution in [0.1, 0.15) is 168 Å². The highest BCUT2D eigenvalue weighted by molar-refractivity contribution is 5.83. The summed E-state index contributed by atoms with van der Waals surface area (Å²) in [5, 5.41) is 37.3. The molecule has 52 heavy (non-hydrogen) atoms. The van der Waals surface area contributed by atoms with E-state index in [2.05, 4.69) is 24.5 Å². The number of rotatable bonds is 35. The lowest BCUT2D eigenvalue weighted by Crippen LogP contribution is -2.31. The van der Waals surface area contributed by atoms with Gasteiger partial charge in [-0.25, -0.2) is 15.2 Å². The van der Waals surface area contributed by atoms with Crippen LogP contribution in [0.25, 0.3) is 0 Å². The lowest BCUT2D eigenvalue weighted by Gasteiger charge is -2.15. The SMILES string of the molecule is CC(C)CCCCCCCCCCCC(=O)N(O)CCCCCNC(=O)CCC(=O)N(O)CCCCCNC(=O)CCC(=O)N(O)CCCCCN. The molecule has 0 rings (SSSR count). The van der Waals surface area contributed by atoms with Crippen LogP contribution in [0.4, 0.5) is 0 Å². The van der Waals surface area contributed by atoms with Gasteiger partial charge in [-0.15, -0.1) is 0 Å². The van der Waals surface area contributed by atoms with Crippen LogP contribution < -0.4 is 16.4 Å². The monoisotopic (exact) mass is 743 g/mol. The fourth-order valence-corrected chi connectivity index (χ4v) is 5.61. The predicted octanol–water partition coefficient (Wildman–Crippen LogP) is 5.85. The average molecular weight is 743 g/mol. The lowest BCUT2D eigenvalue weighted by atomic mass is 10.0. The number of amides is 5. The predicted molar refractivity (Wildman–Crippen MR) is 201 cm³/mol. The summed E-state index contributed by atoms with van der Waals surface area (Å²) in [6, 6.07) is 0. The summed E-state index contributed by atoms with van der Waals surface area (Å²) in [5.41, 5.74) is 5.42. The first-order valence-corrected chi connectivity index (χ1v) is 20.2. The first-order valence-electron chi connectivity index (χ1n) is 20.2. The molecule has 0 aliphatic heterocycles. The quantitative estimate of drug-likeness (QED) is 0.0261. The molecule has 14 heteroatoms. The maximum absolute atomic E-state index is 12.2. The van der Waals surface area contributed by atoms with E-state index in [1.807, 2.05) is 0 Å². The maximum atomic E-state index is 12.2. The minimum Gasteiger partial charge on any atom is -0.356 e. The third-order valence-corrected chi connectivity index (χ3v) is 8.98. The molecule has 0 bridgehead atoms. The zero-order valence-corrected chi connectivity index (χ0v) is 32.6. The normalized spacial score (nSPS) is 11.1. The first-order chi connectivity index (χ1) is 25.0.